The quantitative estimate of drug-likeness (QED) is 0.853. The van der Waals surface area contributed by atoms with Crippen LogP contribution in [0.2, 0.25) is 0 Å². The summed E-state index contributed by atoms with van der Waals surface area (Å²) < 4.78 is 5.68. The van der Waals surface area contributed by atoms with E-state index in [0.717, 1.165) is 17.9 Å². The molecule has 2 aromatic rings. The topological polar surface area (TPSA) is 34.1 Å². The van der Waals surface area contributed by atoms with Crippen LogP contribution in [0.5, 0.6) is 5.75 Å². The maximum atomic E-state index is 5.68. The van der Waals surface area contributed by atoms with E-state index in [4.69, 9.17) is 4.74 Å². The number of ether oxygens (including phenoxy) is 1. The zero-order valence-corrected chi connectivity index (χ0v) is 9.89. The molecular weight excluding hydrogens is 212 g/mol. The summed E-state index contributed by atoms with van der Waals surface area (Å²) in [4.78, 5) is 3.97. The Bertz CT molecular complexity index is 440. The molecule has 0 fully saturated rings. The minimum atomic E-state index is 0.577. The van der Waals surface area contributed by atoms with Gasteiger partial charge in [-0.05, 0) is 42.4 Å². The number of hydrogen-bond donors (Lipinski definition) is 1. The van der Waals surface area contributed by atoms with Gasteiger partial charge in [-0.2, -0.15) is 0 Å². The molecule has 88 valence electrons. The minimum absolute atomic E-state index is 0.577. The molecule has 0 spiro atoms. The van der Waals surface area contributed by atoms with Gasteiger partial charge in [0.15, 0.2) is 0 Å². The summed E-state index contributed by atoms with van der Waals surface area (Å²) in [7, 11) is 1.94. The Morgan fingerprint density at radius 1 is 1.00 bits per heavy atom. The van der Waals surface area contributed by atoms with Gasteiger partial charge >= 0.3 is 0 Å². The normalized spacial score (nSPS) is 10.2. The molecule has 1 N–H and O–H groups in total. The van der Waals surface area contributed by atoms with Crippen LogP contribution in [0.15, 0.2) is 48.8 Å². The van der Waals surface area contributed by atoms with Gasteiger partial charge in [0.2, 0.25) is 0 Å². The molecule has 0 bridgehead atoms. The Labute approximate surface area is 101 Å². The molecule has 1 aromatic heterocycles. The molecule has 3 nitrogen and oxygen atoms in total. The van der Waals surface area contributed by atoms with Crippen LogP contribution < -0.4 is 10.1 Å². The fraction of sp³-hybridized carbons (Fsp3) is 0.214. The third-order valence-electron chi connectivity index (χ3n) is 2.46. The van der Waals surface area contributed by atoms with Crippen molar-refractivity contribution in [3.8, 4) is 5.75 Å². The van der Waals surface area contributed by atoms with E-state index >= 15 is 0 Å². The van der Waals surface area contributed by atoms with Crippen molar-refractivity contribution in [2.75, 3.05) is 7.05 Å². The molecule has 1 aromatic carbocycles. The van der Waals surface area contributed by atoms with Crippen LogP contribution in [0.4, 0.5) is 0 Å². The molecule has 0 saturated heterocycles. The largest absolute Gasteiger partial charge is 0.489 e. The predicted molar refractivity (Wildman–Crippen MR) is 67.8 cm³/mol. The smallest absolute Gasteiger partial charge is 0.119 e. The summed E-state index contributed by atoms with van der Waals surface area (Å²) in [6.45, 7) is 1.46. The van der Waals surface area contributed by atoms with Crippen LogP contribution in [0, 0.1) is 0 Å². The van der Waals surface area contributed by atoms with Crippen molar-refractivity contribution in [1.82, 2.24) is 10.3 Å². The van der Waals surface area contributed by atoms with E-state index in [2.05, 4.69) is 22.4 Å². The first kappa shape index (κ1) is 11.6. The zero-order valence-electron chi connectivity index (χ0n) is 9.89. The van der Waals surface area contributed by atoms with E-state index in [1.54, 1.807) is 12.4 Å². The molecule has 2 rings (SSSR count). The van der Waals surface area contributed by atoms with Crippen molar-refractivity contribution < 1.29 is 4.74 Å². The SMILES string of the molecule is CNCc1ccc(OCc2ccncc2)cc1. The number of nitrogens with zero attached hydrogens (tertiary/aromatic N) is 1. The van der Waals surface area contributed by atoms with Gasteiger partial charge in [-0.15, -0.1) is 0 Å². The van der Waals surface area contributed by atoms with Crippen molar-refractivity contribution in [3.63, 3.8) is 0 Å². The highest BCUT2D eigenvalue weighted by atomic mass is 16.5. The number of pyridine rings is 1. The highest BCUT2D eigenvalue weighted by Crippen LogP contribution is 2.13. The fourth-order valence-corrected chi connectivity index (χ4v) is 1.55. The van der Waals surface area contributed by atoms with Crippen LogP contribution in [-0.2, 0) is 13.2 Å². The maximum absolute atomic E-state index is 5.68. The molecule has 0 aliphatic carbocycles. The number of aromatic nitrogens is 1. The lowest BCUT2D eigenvalue weighted by atomic mass is 10.2. The van der Waals surface area contributed by atoms with E-state index in [1.165, 1.54) is 5.56 Å². The molecule has 0 atom stereocenters. The van der Waals surface area contributed by atoms with Crippen LogP contribution >= 0.6 is 0 Å². The molecule has 0 unspecified atom stereocenters. The van der Waals surface area contributed by atoms with Crippen molar-refractivity contribution in [2.45, 2.75) is 13.2 Å². The first-order chi connectivity index (χ1) is 8.38. The van der Waals surface area contributed by atoms with Gasteiger partial charge in [-0.3, -0.25) is 4.98 Å². The summed E-state index contributed by atoms with van der Waals surface area (Å²) in [5, 5.41) is 3.11. The van der Waals surface area contributed by atoms with Gasteiger partial charge < -0.3 is 10.1 Å². The lowest BCUT2D eigenvalue weighted by Gasteiger charge is -2.07. The molecule has 3 heteroatoms. The van der Waals surface area contributed by atoms with Gasteiger partial charge in [0, 0.05) is 18.9 Å². The van der Waals surface area contributed by atoms with Crippen LogP contribution in [0.25, 0.3) is 0 Å². The Balaban J connectivity index is 1.91. The highest BCUT2D eigenvalue weighted by molar-refractivity contribution is 5.27. The van der Waals surface area contributed by atoms with Crippen molar-refractivity contribution in [1.29, 1.82) is 0 Å². The third kappa shape index (κ3) is 3.57. The third-order valence-corrected chi connectivity index (χ3v) is 2.46. The Morgan fingerprint density at radius 2 is 1.71 bits per heavy atom. The van der Waals surface area contributed by atoms with E-state index < -0.39 is 0 Å². The van der Waals surface area contributed by atoms with E-state index in [1.807, 2.05) is 31.3 Å². The summed E-state index contributed by atoms with van der Waals surface area (Å²) >= 11 is 0. The maximum Gasteiger partial charge on any atom is 0.119 e. The second-order valence-corrected chi connectivity index (χ2v) is 3.82. The summed E-state index contributed by atoms with van der Waals surface area (Å²) in [5.74, 6) is 0.890. The average molecular weight is 228 g/mol. The van der Waals surface area contributed by atoms with Crippen LogP contribution in [0.1, 0.15) is 11.1 Å². The lowest BCUT2D eigenvalue weighted by Crippen LogP contribution is -2.04. The molecule has 0 radical (unpaired) electrons. The second-order valence-electron chi connectivity index (χ2n) is 3.82. The van der Waals surface area contributed by atoms with Crippen molar-refractivity contribution in [2.24, 2.45) is 0 Å². The molecule has 0 amide bonds. The lowest BCUT2D eigenvalue weighted by molar-refractivity contribution is 0.306. The van der Waals surface area contributed by atoms with E-state index in [9.17, 15) is 0 Å². The monoisotopic (exact) mass is 228 g/mol. The first-order valence-corrected chi connectivity index (χ1v) is 5.64. The van der Waals surface area contributed by atoms with Crippen LogP contribution in [0.3, 0.4) is 0 Å². The average Bonchev–Trinajstić information content (AvgIpc) is 2.40. The molecule has 17 heavy (non-hydrogen) atoms. The molecule has 1 heterocycles. The Morgan fingerprint density at radius 3 is 2.35 bits per heavy atom. The predicted octanol–water partition coefficient (Wildman–Crippen LogP) is 2.38. The fourth-order valence-electron chi connectivity index (χ4n) is 1.55. The number of benzene rings is 1. The Kier molecular flexibility index (Phi) is 4.11. The van der Waals surface area contributed by atoms with Crippen LogP contribution in [-0.4, -0.2) is 12.0 Å². The highest BCUT2D eigenvalue weighted by Gasteiger charge is 1.96. The zero-order chi connectivity index (χ0) is 11.9. The molecular formula is C14H16N2O. The van der Waals surface area contributed by atoms with Crippen molar-refractivity contribution in [3.05, 3.63) is 59.9 Å². The van der Waals surface area contributed by atoms with Gasteiger partial charge in [0.25, 0.3) is 0 Å². The van der Waals surface area contributed by atoms with Gasteiger partial charge in [-0.25, -0.2) is 0 Å². The number of rotatable bonds is 5. The number of nitrogens with one attached hydrogen (secondary N) is 1. The van der Waals surface area contributed by atoms with E-state index in [0.29, 0.717) is 6.61 Å². The summed E-state index contributed by atoms with van der Waals surface area (Å²) in [6, 6.07) is 12.0. The molecule has 0 aliphatic heterocycles. The van der Waals surface area contributed by atoms with E-state index in [-0.39, 0.29) is 0 Å². The summed E-state index contributed by atoms with van der Waals surface area (Å²) in [5.41, 5.74) is 2.38. The van der Waals surface area contributed by atoms with Gasteiger partial charge in [0.1, 0.15) is 12.4 Å². The standard InChI is InChI=1S/C14H16N2O/c1-15-10-12-2-4-14(5-3-12)17-11-13-6-8-16-9-7-13/h2-9,15H,10-11H2,1H3. The second kappa shape index (κ2) is 6.01. The van der Waals surface area contributed by atoms with Gasteiger partial charge in [-0.1, -0.05) is 12.1 Å². The minimum Gasteiger partial charge on any atom is -0.489 e. The first-order valence-electron chi connectivity index (χ1n) is 5.64. The number of hydrogen-bond acceptors (Lipinski definition) is 3. The Hall–Kier alpha value is -1.87. The van der Waals surface area contributed by atoms with Gasteiger partial charge in [0.05, 0.1) is 0 Å². The van der Waals surface area contributed by atoms with Crippen molar-refractivity contribution >= 4 is 0 Å². The summed E-state index contributed by atoms with van der Waals surface area (Å²) in [6.07, 6.45) is 3.55. The molecule has 0 aliphatic rings. The molecule has 0 saturated carbocycles.